The molecule has 0 aromatic rings. The van der Waals surface area contributed by atoms with Crippen LogP contribution in [0.1, 0.15) is 34.6 Å². The highest BCUT2D eigenvalue weighted by atomic mass is 33.1. The lowest BCUT2D eigenvalue weighted by Gasteiger charge is -2.16. The number of hydrogen-bond donors (Lipinski definition) is 7. The quantitative estimate of drug-likeness (QED) is 0.0620. The Morgan fingerprint density at radius 3 is 0.825 bits per heavy atom. The topological polar surface area (TPSA) is 263 Å². The van der Waals surface area contributed by atoms with Crippen molar-refractivity contribution < 1.29 is 38.4 Å². The van der Waals surface area contributed by atoms with E-state index in [0.717, 1.165) is 0 Å². The van der Waals surface area contributed by atoms with Gasteiger partial charge in [0.1, 0.15) is 18.1 Å². The van der Waals surface area contributed by atoms with Crippen LogP contribution in [0.3, 0.4) is 0 Å². The number of rotatable bonds is 18. The van der Waals surface area contributed by atoms with Crippen LogP contribution >= 0.6 is 43.2 Å². The third kappa shape index (κ3) is 22.2. The Morgan fingerprint density at radius 2 is 0.650 bits per heavy atom. The molecule has 4 atom stereocenters. The molecule has 0 saturated carbocycles. The zero-order valence-electron chi connectivity index (χ0n) is 22.8. The van der Waals surface area contributed by atoms with Crippen LogP contribution in [-0.2, 0) is 38.4 Å². The number of carbonyl (C=O) groups is 8. The smallest absolute Gasteiger partial charge is 0.240 e. The van der Waals surface area contributed by atoms with E-state index in [-0.39, 0.29) is 40.9 Å². The number of amides is 7. The maximum absolute atomic E-state index is 11.3. The van der Waals surface area contributed by atoms with E-state index in [1.165, 1.54) is 77.8 Å². The molecule has 0 aliphatic carbocycles. The van der Waals surface area contributed by atoms with Gasteiger partial charge in [0.15, 0.2) is 5.78 Å². The summed E-state index contributed by atoms with van der Waals surface area (Å²) < 4.78 is 0. The van der Waals surface area contributed by atoms with E-state index in [4.69, 9.17) is 17.2 Å². The number of Topliss-reactive ketones (excluding diaryl/α,β-unsaturated/α-hetero) is 1. The lowest BCUT2D eigenvalue weighted by atomic mass is 10.2. The number of carbonyl (C=O) groups excluding carboxylic acids is 8. The predicted molar refractivity (Wildman–Crippen MR) is 159 cm³/mol. The van der Waals surface area contributed by atoms with Gasteiger partial charge in [0, 0.05) is 50.7 Å². The van der Waals surface area contributed by atoms with Crippen LogP contribution < -0.4 is 38.5 Å². The molecule has 0 aromatic carbocycles. The Labute approximate surface area is 248 Å². The number of nitrogens with one attached hydrogen (secondary N) is 4. The van der Waals surface area contributed by atoms with Gasteiger partial charge in [-0.15, -0.1) is 0 Å². The van der Waals surface area contributed by atoms with E-state index >= 15 is 0 Å². The van der Waals surface area contributed by atoms with Crippen LogP contribution in [0.15, 0.2) is 0 Å². The first-order chi connectivity index (χ1) is 18.5. The zero-order chi connectivity index (χ0) is 31.4. The van der Waals surface area contributed by atoms with E-state index in [9.17, 15) is 38.4 Å². The Hall–Kier alpha value is -2.64. The van der Waals surface area contributed by atoms with Crippen LogP contribution in [0, 0.1) is 0 Å². The fourth-order valence-electron chi connectivity index (χ4n) is 2.29. The van der Waals surface area contributed by atoms with Crippen LogP contribution in [0.4, 0.5) is 0 Å². The second kappa shape index (κ2) is 22.1. The Bertz CT molecular complexity index is 781. The molecule has 0 bridgehead atoms. The summed E-state index contributed by atoms with van der Waals surface area (Å²) >= 11 is 0. The molecule has 228 valence electrons. The molecule has 0 radical (unpaired) electrons. The summed E-state index contributed by atoms with van der Waals surface area (Å²) in [5.74, 6) is -2.15. The highest BCUT2D eigenvalue weighted by molar-refractivity contribution is 8.77. The van der Waals surface area contributed by atoms with Crippen molar-refractivity contribution in [1.82, 2.24) is 21.3 Å². The maximum Gasteiger partial charge on any atom is 0.240 e. The first-order valence-electron chi connectivity index (χ1n) is 11.4. The minimum Gasteiger partial charge on any atom is -0.368 e. The van der Waals surface area contributed by atoms with Gasteiger partial charge in [-0.3, -0.25) is 38.4 Å². The molecule has 0 rings (SSSR count). The van der Waals surface area contributed by atoms with Crippen molar-refractivity contribution >= 4 is 90.3 Å². The molecule has 15 nitrogen and oxygen atoms in total. The SMILES string of the molecule is CC(=O)N[C@@H](CSSC[C@H](NC(C)=O)C(N)=O)C(C)=O.CC(=O)N[C@@H](CSSC[C@H](NC(C)=O)C(N)=O)C(N)=O. The first kappa shape index (κ1) is 39.5. The monoisotopic (exact) mass is 643 g/mol. The Balaban J connectivity index is 0. The van der Waals surface area contributed by atoms with Gasteiger partial charge in [-0.1, -0.05) is 43.2 Å². The largest absolute Gasteiger partial charge is 0.368 e. The summed E-state index contributed by atoms with van der Waals surface area (Å²) in [6.07, 6.45) is 0. The fourth-order valence-corrected chi connectivity index (χ4v) is 7.07. The molecule has 19 heteroatoms. The van der Waals surface area contributed by atoms with Crippen LogP contribution in [-0.4, -0.2) is 94.3 Å². The van der Waals surface area contributed by atoms with Crippen LogP contribution in [0.25, 0.3) is 0 Å². The van der Waals surface area contributed by atoms with E-state index in [1.807, 2.05) is 0 Å². The van der Waals surface area contributed by atoms with Crippen molar-refractivity contribution in [2.24, 2.45) is 17.2 Å². The molecule has 0 aliphatic rings. The van der Waals surface area contributed by atoms with Gasteiger partial charge in [-0.2, -0.15) is 0 Å². The molecule has 0 heterocycles. The Kier molecular flexibility index (Phi) is 21.8. The first-order valence-corrected chi connectivity index (χ1v) is 16.4. The molecule has 0 aliphatic heterocycles. The highest BCUT2D eigenvalue weighted by Gasteiger charge is 2.20. The van der Waals surface area contributed by atoms with Gasteiger partial charge >= 0.3 is 0 Å². The molecule has 0 aromatic heterocycles. The maximum atomic E-state index is 11.3. The summed E-state index contributed by atoms with van der Waals surface area (Å²) in [5.41, 5.74) is 15.4. The second-order valence-electron chi connectivity index (χ2n) is 7.97. The van der Waals surface area contributed by atoms with Gasteiger partial charge < -0.3 is 38.5 Å². The molecule has 0 saturated heterocycles. The second-order valence-corrected chi connectivity index (χ2v) is 13.1. The van der Waals surface area contributed by atoms with Crippen molar-refractivity contribution in [3.8, 4) is 0 Å². The number of ketones is 1. The lowest BCUT2D eigenvalue weighted by molar-refractivity contribution is -0.125. The Morgan fingerprint density at radius 1 is 0.450 bits per heavy atom. The zero-order valence-corrected chi connectivity index (χ0v) is 26.0. The molecule has 10 N–H and O–H groups in total. The minimum atomic E-state index is -0.780. The van der Waals surface area contributed by atoms with Crippen molar-refractivity contribution in [2.75, 3.05) is 23.0 Å². The summed E-state index contributed by atoms with van der Waals surface area (Å²) in [6, 6.07) is -2.87. The van der Waals surface area contributed by atoms with Gasteiger partial charge in [0.05, 0.1) is 6.04 Å². The minimum absolute atomic E-state index is 0.137. The van der Waals surface area contributed by atoms with Crippen LogP contribution in [0.5, 0.6) is 0 Å². The summed E-state index contributed by atoms with van der Waals surface area (Å²) in [6.45, 7) is 6.61. The molecule has 7 amide bonds. The van der Waals surface area contributed by atoms with Crippen molar-refractivity contribution in [3.05, 3.63) is 0 Å². The number of hydrogen-bond acceptors (Lipinski definition) is 12. The van der Waals surface area contributed by atoms with Gasteiger partial charge in [-0.05, 0) is 6.92 Å². The number of nitrogens with two attached hydrogens (primary N) is 3. The van der Waals surface area contributed by atoms with E-state index in [2.05, 4.69) is 21.3 Å². The third-order valence-electron chi connectivity index (χ3n) is 4.14. The molecule has 0 spiro atoms. The summed E-state index contributed by atoms with van der Waals surface area (Å²) in [7, 11) is 5.12. The van der Waals surface area contributed by atoms with Crippen molar-refractivity contribution in [1.29, 1.82) is 0 Å². The third-order valence-corrected chi connectivity index (χ3v) is 8.98. The molecule has 40 heavy (non-hydrogen) atoms. The summed E-state index contributed by atoms with van der Waals surface area (Å²) in [5, 5.41) is 9.80. The lowest BCUT2D eigenvalue weighted by Crippen LogP contribution is -2.46. The molecule has 0 fully saturated rings. The van der Waals surface area contributed by atoms with Gasteiger partial charge in [0.25, 0.3) is 0 Å². The average Bonchev–Trinajstić information content (AvgIpc) is 2.80. The van der Waals surface area contributed by atoms with Gasteiger partial charge in [0.2, 0.25) is 41.4 Å². The van der Waals surface area contributed by atoms with E-state index in [0.29, 0.717) is 11.5 Å². The van der Waals surface area contributed by atoms with E-state index in [1.54, 1.807) is 0 Å². The molecular formula is C21H37N7O8S4. The van der Waals surface area contributed by atoms with Gasteiger partial charge in [-0.25, -0.2) is 0 Å². The van der Waals surface area contributed by atoms with E-state index < -0.39 is 41.9 Å². The predicted octanol–water partition coefficient (Wildman–Crippen LogP) is -2.20. The van der Waals surface area contributed by atoms with Crippen molar-refractivity contribution in [2.45, 2.75) is 58.8 Å². The average molecular weight is 644 g/mol. The standard InChI is InChI=1S/C11H19N3O4S2.C10H18N4O4S2/c1-6(15)9(13-7(2)16)4-19-20-5-10(11(12)18)14-8(3)17;1-5(15)13-7(9(11)17)3-19-20-4-8(10(12)18)14-6(2)16/h9-10H,4-5H2,1-3H3,(H2,12,18)(H,13,16)(H,14,17);7-8H,3-4H2,1-2H3,(H2,11,17)(H2,12,18)(H,13,15)(H,14,16)/t9-,10-;7-,8-/m00/s1. The summed E-state index contributed by atoms with van der Waals surface area (Å²) in [4.78, 5) is 88.1. The van der Waals surface area contributed by atoms with Crippen molar-refractivity contribution in [3.63, 3.8) is 0 Å². The fraction of sp³-hybridized carbons (Fsp3) is 0.619. The highest BCUT2D eigenvalue weighted by Crippen LogP contribution is 2.23. The normalized spacial score (nSPS) is 13.1. The molecular weight excluding hydrogens is 607 g/mol. The van der Waals surface area contributed by atoms with Crippen LogP contribution in [0.2, 0.25) is 0 Å². The number of primary amides is 3. The molecule has 0 unspecified atom stereocenters.